The van der Waals surface area contributed by atoms with Crippen LogP contribution in [-0.2, 0) is 0 Å². The summed E-state index contributed by atoms with van der Waals surface area (Å²) in [4.78, 5) is 13.5. The largest absolute Gasteiger partial charge is 0.478 e. The van der Waals surface area contributed by atoms with Gasteiger partial charge in [-0.3, -0.25) is 14.8 Å². The molecule has 2 heterocycles. The van der Waals surface area contributed by atoms with Crippen LogP contribution in [0.5, 0.6) is 5.75 Å². The lowest BCUT2D eigenvalue weighted by molar-refractivity contribution is 0.0697. The van der Waals surface area contributed by atoms with Crippen molar-refractivity contribution in [3.05, 3.63) is 64.1 Å². The monoisotopic (exact) mass is 458 g/mol. The first-order valence-electron chi connectivity index (χ1n) is 9.46. The van der Waals surface area contributed by atoms with Crippen molar-refractivity contribution >= 4 is 41.8 Å². The van der Waals surface area contributed by atoms with Gasteiger partial charge in [-0.05, 0) is 67.3 Å². The van der Waals surface area contributed by atoms with Crippen molar-refractivity contribution in [2.45, 2.75) is 12.5 Å². The van der Waals surface area contributed by atoms with Gasteiger partial charge >= 0.3 is 5.97 Å². The molecule has 1 aliphatic rings. The highest BCUT2D eigenvalue weighted by Crippen LogP contribution is 2.30. The summed E-state index contributed by atoms with van der Waals surface area (Å²) in [6.45, 7) is 2.32. The van der Waals surface area contributed by atoms with Crippen molar-refractivity contribution in [3.63, 3.8) is 0 Å². The molecule has 0 spiro atoms. The number of benzene rings is 2. The summed E-state index contributed by atoms with van der Waals surface area (Å²) < 4.78 is 8.32. The Balaban J connectivity index is 1.45. The first-order valence-corrected chi connectivity index (χ1v) is 10.3. The van der Waals surface area contributed by atoms with E-state index >= 15 is 0 Å². The fraction of sp³-hybridized carbons (Fsp3) is 0.200. The Hall–Kier alpha value is -3.15. The van der Waals surface area contributed by atoms with Crippen LogP contribution in [0.15, 0.2) is 42.5 Å². The average molecular weight is 459 g/mol. The third-order valence-corrected chi connectivity index (χ3v) is 5.40. The second-order valence-electron chi connectivity index (χ2n) is 6.89. The van der Waals surface area contributed by atoms with E-state index in [1.54, 1.807) is 28.1 Å². The Morgan fingerprint density at radius 3 is 2.65 bits per heavy atom. The fourth-order valence-electron chi connectivity index (χ4n) is 3.36. The second-order valence-corrected chi connectivity index (χ2v) is 7.67. The summed E-state index contributed by atoms with van der Waals surface area (Å²) in [6.07, 6.45) is 0.00705. The maximum atomic E-state index is 11.7. The lowest BCUT2D eigenvalue weighted by Gasteiger charge is -2.20. The van der Waals surface area contributed by atoms with Crippen LogP contribution >= 0.6 is 24.4 Å². The molecule has 1 radical (unpaired) electrons. The zero-order chi connectivity index (χ0) is 22.0. The molecule has 0 saturated carbocycles. The van der Waals surface area contributed by atoms with Crippen molar-refractivity contribution < 1.29 is 19.7 Å². The van der Waals surface area contributed by atoms with Gasteiger partial charge < -0.3 is 25.2 Å². The van der Waals surface area contributed by atoms with E-state index in [-0.39, 0.29) is 12.3 Å². The van der Waals surface area contributed by atoms with Crippen molar-refractivity contribution in [2.75, 3.05) is 23.5 Å². The van der Waals surface area contributed by atoms with Crippen LogP contribution in [0.2, 0.25) is 0 Å². The normalized spacial score (nSPS) is 15.8. The fourth-order valence-corrected chi connectivity index (χ4v) is 3.91. The van der Waals surface area contributed by atoms with Gasteiger partial charge in [0.1, 0.15) is 5.75 Å². The molecule has 2 aromatic carbocycles. The minimum absolute atomic E-state index is 0.112. The number of rotatable bonds is 7. The summed E-state index contributed by atoms with van der Waals surface area (Å²) >= 11 is 10.5. The number of ether oxygens (including phenoxy) is 1. The molecule has 161 valence electrons. The van der Waals surface area contributed by atoms with Gasteiger partial charge in [0, 0.05) is 12.2 Å². The number of nitrogens with one attached hydrogen (secondary N) is 3. The van der Waals surface area contributed by atoms with Crippen LogP contribution in [0.25, 0.3) is 5.69 Å². The number of aliphatic hydroxyl groups excluding tert-OH is 1. The number of anilines is 2. The van der Waals surface area contributed by atoms with Crippen LogP contribution in [0.3, 0.4) is 0 Å². The van der Waals surface area contributed by atoms with E-state index in [2.05, 4.69) is 15.5 Å². The first-order chi connectivity index (χ1) is 14.9. The van der Waals surface area contributed by atoms with Crippen molar-refractivity contribution in [3.8, 4) is 11.4 Å². The van der Waals surface area contributed by atoms with Gasteiger partial charge in [-0.25, -0.2) is 4.79 Å². The highest BCUT2D eigenvalue weighted by molar-refractivity contribution is 7.72. The molecule has 1 saturated heterocycles. The van der Waals surface area contributed by atoms with E-state index in [1.165, 1.54) is 6.07 Å². The van der Waals surface area contributed by atoms with E-state index in [0.717, 1.165) is 11.4 Å². The Labute approximate surface area is 187 Å². The second kappa shape index (κ2) is 8.92. The Kier molecular flexibility index (Phi) is 6.07. The Morgan fingerprint density at radius 1 is 1.19 bits per heavy atom. The van der Waals surface area contributed by atoms with Gasteiger partial charge in [-0.2, -0.15) is 0 Å². The molecule has 9 nitrogen and oxygen atoms in total. The SMILES string of the molecule is O=C(O)c1cc(OCNc2cccc(-n3c(=S)[nH][nH]c3=S)c2)ccc1N1[CH]C(O)CC1. The van der Waals surface area contributed by atoms with Crippen LogP contribution in [-0.4, -0.2) is 50.3 Å². The Bertz CT molecular complexity index is 1190. The molecule has 0 aliphatic carbocycles. The molecule has 1 atom stereocenters. The maximum absolute atomic E-state index is 11.7. The smallest absolute Gasteiger partial charge is 0.337 e. The number of nitrogens with zero attached hydrogens (tertiary/aromatic N) is 2. The maximum Gasteiger partial charge on any atom is 0.337 e. The highest BCUT2D eigenvalue weighted by atomic mass is 32.1. The molecule has 31 heavy (non-hydrogen) atoms. The number of hydrogen-bond donors (Lipinski definition) is 5. The van der Waals surface area contributed by atoms with E-state index in [0.29, 0.717) is 33.9 Å². The van der Waals surface area contributed by atoms with E-state index in [1.807, 2.05) is 24.3 Å². The molecular formula is C20H20N5O4S2. The summed E-state index contributed by atoms with van der Waals surface area (Å²) in [5.74, 6) is -0.643. The van der Waals surface area contributed by atoms with Crippen molar-refractivity contribution in [2.24, 2.45) is 0 Å². The van der Waals surface area contributed by atoms with Gasteiger partial charge in [-0.15, -0.1) is 0 Å². The third-order valence-electron chi connectivity index (χ3n) is 4.83. The standard InChI is InChI=1S/C20H20N5O4S2/c26-14-6-7-24(10-14)17-5-4-15(9-16(17)18(27)28)29-11-21-12-2-1-3-13(8-12)25-19(30)22-23-20(25)31/h1-5,8-10,14,21,26H,6-7,11H2,(H,22,30)(H,23,31)(H,27,28). The number of H-pyrrole nitrogens is 2. The van der Waals surface area contributed by atoms with Gasteiger partial charge in [0.25, 0.3) is 0 Å². The van der Waals surface area contributed by atoms with Gasteiger partial charge in [0.05, 0.1) is 29.6 Å². The third kappa shape index (κ3) is 4.63. The number of carboxylic acid groups (broad SMARTS) is 1. The van der Waals surface area contributed by atoms with Gasteiger partial charge in [0.2, 0.25) is 0 Å². The van der Waals surface area contributed by atoms with E-state index < -0.39 is 12.1 Å². The van der Waals surface area contributed by atoms with Crippen LogP contribution in [0, 0.1) is 16.1 Å². The molecule has 4 rings (SSSR count). The number of carbonyl (C=O) groups is 1. The minimum atomic E-state index is -1.06. The summed E-state index contributed by atoms with van der Waals surface area (Å²) in [6, 6.07) is 12.4. The first kappa shape index (κ1) is 21.1. The molecule has 1 unspecified atom stereocenters. The molecule has 0 bridgehead atoms. The molecule has 1 fully saturated rings. The van der Waals surface area contributed by atoms with E-state index in [4.69, 9.17) is 29.2 Å². The van der Waals surface area contributed by atoms with Gasteiger partial charge in [-0.1, -0.05) is 6.07 Å². The average Bonchev–Trinajstić information content (AvgIpc) is 3.33. The molecule has 3 aromatic rings. The molecule has 0 amide bonds. The number of aliphatic hydroxyl groups is 1. The lowest BCUT2D eigenvalue weighted by Crippen LogP contribution is -2.19. The number of hydrogen-bond acceptors (Lipinski definition) is 7. The lowest BCUT2D eigenvalue weighted by atomic mass is 10.1. The van der Waals surface area contributed by atoms with Gasteiger partial charge in [0.15, 0.2) is 16.3 Å². The number of aromatic amines is 2. The predicted molar refractivity (Wildman–Crippen MR) is 121 cm³/mol. The molecule has 1 aromatic heterocycles. The van der Waals surface area contributed by atoms with Crippen molar-refractivity contribution in [1.82, 2.24) is 14.8 Å². The number of carboxylic acids is 1. The number of aromatic nitrogens is 3. The number of aromatic carboxylic acids is 1. The molecule has 1 aliphatic heterocycles. The zero-order valence-electron chi connectivity index (χ0n) is 16.2. The van der Waals surface area contributed by atoms with E-state index in [9.17, 15) is 15.0 Å². The zero-order valence-corrected chi connectivity index (χ0v) is 17.9. The topological polar surface area (TPSA) is 119 Å². The van der Waals surface area contributed by atoms with Crippen LogP contribution < -0.4 is 15.0 Å². The quantitative estimate of drug-likeness (QED) is 0.270. The van der Waals surface area contributed by atoms with Crippen molar-refractivity contribution in [1.29, 1.82) is 0 Å². The summed E-state index contributed by atoms with van der Waals surface area (Å²) in [5, 5.41) is 28.0. The van der Waals surface area contributed by atoms with Crippen LogP contribution in [0.4, 0.5) is 11.4 Å². The summed E-state index contributed by atoms with van der Waals surface area (Å²) in [5.41, 5.74) is 2.21. The summed E-state index contributed by atoms with van der Waals surface area (Å²) in [7, 11) is 0. The van der Waals surface area contributed by atoms with Crippen LogP contribution in [0.1, 0.15) is 16.8 Å². The molecule has 5 N–H and O–H groups in total. The highest BCUT2D eigenvalue weighted by Gasteiger charge is 2.25. The predicted octanol–water partition coefficient (Wildman–Crippen LogP) is 3.47. The minimum Gasteiger partial charge on any atom is -0.478 e. The molecular weight excluding hydrogens is 438 g/mol. The Morgan fingerprint density at radius 2 is 1.97 bits per heavy atom. The molecule has 11 heteroatoms.